The largest absolute Gasteiger partial charge is 0.349 e. The number of pyridine rings is 1. The number of hydrogen-bond donors (Lipinski definition) is 2. The Labute approximate surface area is 239 Å². The summed E-state index contributed by atoms with van der Waals surface area (Å²) in [6.07, 6.45) is 4.70. The highest BCUT2D eigenvalue weighted by atomic mass is 35.5. The molecule has 0 saturated heterocycles. The van der Waals surface area contributed by atoms with Crippen LogP contribution in [0.25, 0.3) is 27.8 Å². The van der Waals surface area contributed by atoms with Crippen LogP contribution in [0, 0.1) is 5.92 Å². The van der Waals surface area contributed by atoms with Crippen molar-refractivity contribution in [3.05, 3.63) is 100.0 Å². The smallest absolute Gasteiger partial charge is 0.333 e. The number of alkyl halides is 2. The first-order valence-electron chi connectivity index (χ1n) is 13.4. The van der Waals surface area contributed by atoms with E-state index in [0.29, 0.717) is 19.4 Å². The van der Waals surface area contributed by atoms with Crippen LogP contribution < -0.4 is 11.0 Å². The maximum Gasteiger partial charge on any atom is 0.333 e. The van der Waals surface area contributed by atoms with Crippen molar-refractivity contribution < 1.29 is 13.6 Å². The molecule has 1 aliphatic rings. The first-order valence-corrected chi connectivity index (χ1v) is 13.8. The molecule has 210 valence electrons. The summed E-state index contributed by atoms with van der Waals surface area (Å²) in [5, 5.41) is 9.86. The molecule has 1 saturated carbocycles. The molecular weight excluding hydrogens is 550 g/mol. The second-order valence-electron chi connectivity index (χ2n) is 10.3. The predicted octanol–water partition coefficient (Wildman–Crippen LogP) is 6.16. The number of carbonyl (C=O) groups excluding carboxylic acids is 1. The van der Waals surface area contributed by atoms with E-state index in [1.165, 1.54) is 6.07 Å². The molecule has 3 aromatic heterocycles. The summed E-state index contributed by atoms with van der Waals surface area (Å²) in [7, 11) is 0. The predicted molar refractivity (Wildman–Crippen MR) is 153 cm³/mol. The van der Waals surface area contributed by atoms with Gasteiger partial charge in [0.1, 0.15) is 5.69 Å². The zero-order chi connectivity index (χ0) is 28.5. The van der Waals surface area contributed by atoms with Gasteiger partial charge in [-0.05, 0) is 67.5 Å². The van der Waals surface area contributed by atoms with Gasteiger partial charge in [0.2, 0.25) is 0 Å². The van der Waals surface area contributed by atoms with Crippen LogP contribution in [0.15, 0.2) is 78.0 Å². The molecule has 41 heavy (non-hydrogen) atoms. The van der Waals surface area contributed by atoms with Gasteiger partial charge in [-0.2, -0.15) is 5.10 Å². The van der Waals surface area contributed by atoms with Crippen molar-refractivity contribution in [2.24, 2.45) is 5.92 Å². The highest BCUT2D eigenvalue weighted by molar-refractivity contribution is 6.30. The van der Waals surface area contributed by atoms with Gasteiger partial charge in [-0.3, -0.25) is 24.0 Å². The number of amides is 1. The average Bonchev–Trinajstić information content (AvgIpc) is 3.61. The molecule has 0 atom stereocenters. The number of carbonyl (C=O) groups is 1. The van der Waals surface area contributed by atoms with Gasteiger partial charge in [0.05, 0.1) is 33.5 Å². The highest BCUT2D eigenvalue weighted by Crippen LogP contribution is 2.29. The van der Waals surface area contributed by atoms with Gasteiger partial charge >= 0.3 is 5.69 Å². The van der Waals surface area contributed by atoms with E-state index < -0.39 is 18.0 Å². The molecule has 3 heterocycles. The minimum Gasteiger partial charge on any atom is -0.349 e. The summed E-state index contributed by atoms with van der Waals surface area (Å²) in [4.78, 5) is 30.3. The molecule has 1 fully saturated rings. The summed E-state index contributed by atoms with van der Waals surface area (Å²) in [6, 6.07) is 16.6. The van der Waals surface area contributed by atoms with Crippen LogP contribution in [0.2, 0.25) is 5.02 Å². The second kappa shape index (κ2) is 11.3. The summed E-state index contributed by atoms with van der Waals surface area (Å²) in [5.41, 5.74) is 3.45. The van der Waals surface area contributed by atoms with Crippen molar-refractivity contribution in [1.29, 1.82) is 0 Å². The lowest BCUT2D eigenvalue weighted by atomic mass is 9.85. The third-order valence-corrected chi connectivity index (χ3v) is 7.94. The molecule has 11 heteroatoms. The lowest BCUT2D eigenvalue weighted by molar-refractivity contribution is 0.0904. The average molecular weight is 577 g/mol. The molecule has 5 aromatic rings. The summed E-state index contributed by atoms with van der Waals surface area (Å²) < 4.78 is 30.3. The van der Waals surface area contributed by atoms with E-state index in [0.717, 1.165) is 46.9 Å². The molecule has 2 N–H and O–H groups in total. The van der Waals surface area contributed by atoms with Gasteiger partial charge < -0.3 is 5.32 Å². The van der Waals surface area contributed by atoms with Gasteiger partial charge in [0.25, 0.3) is 12.3 Å². The SMILES string of the molecule is O=C(N[C@H]1CC[C@H](Cn2c(=O)n(-c3cccc(-c4cn[nH]c4)c3)c3ccccc32)CC1)c1cc(Cl)cnc1C(F)F. The number of benzene rings is 2. The van der Waals surface area contributed by atoms with Gasteiger partial charge in [-0.1, -0.05) is 35.9 Å². The third-order valence-electron chi connectivity index (χ3n) is 7.73. The van der Waals surface area contributed by atoms with Crippen LogP contribution in [0.1, 0.15) is 48.2 Å². The van der Waals surface area contributed by atoms with Crippen LogP contribution in [0.4, 0.5) is 8.78 Å². The molecule has 0 radical (unpaired) electrons. The maximum absolute atomic E-state index is 13.8. The van der Waals surface area contributed by atoms with Crippen molar-refractivity contribution in [2.45, 2.75) is 44.7 Å². The number of fused-ring (bicyclic) bond motifs is 1. The van der Waals surface area contributed by atoms with Crippen molar-refractivity contribution >= 4 is 28.5 Å². The Hall–Kier alpha value is -4.31. The molecule has 0 unspecified atom stereocenters. The lowest BCUT2D eigenvalue weighted by Gasteiger charge is -2.29. The molecule has 6 rings (SSSR count). The van der Waals surface area contributed by atoms with Crippen LogP contribution >= 0.6 is 11.6 Å². The van der Waals surface area contributed by atoms with Crippen molar-refractivity contribution in [3.63, 3.8) is 0 Å². The Balaban J connectivity index is 1.19. The van der Waals surface area contributed by atoms with Crippen molar-refractivity contribution in [1.82, 2.24) is 29.6 Å². The zero-order valence-corrected chi connectivity index (χ0v) is 22.7. The minimum atomic E-state index is -2.88. The number of H-pyrrole nitrogens is 1. The Bertz CT molecular complexity index is 1760. The lowest BCUT2D eigenvalue weighted by Crippen LogP contribution is -2.39. The second-order valence-corrected chi connectivity index (χ2v) is 10.8. The van der Waals surface area contributed by atoms with Gasteiger partial charge in [0.15, 0.2) is 0 Å². The fraction of sp³-hybridized carbons (Fsp3) is 0.267. The number of hydrogen-bond acceptors (Lipinski definition) is 4. The number of aromatic nitrogens is 5. The number of nitrogens with zero attached hydrogens (tertiary/aromatic N) is 4. The minimum absolute atomic E-state index is 0.112. The number of nitrogens with one attached hydrogen (secondary N) is 2. The monoisotopic (exact) mass is 576 g/mol. The molecule has 8 nitrogen and oxygen atoms in total. The van der Waals surface area contributed by atoms with Crippen molar-refractivity contribution in [2.75, 3.05) is 0 Å². The number of rotatable bonds is 7. The number of para-hydroxylation sites is 2. The van der Waals surface area contributed by atoms with Crippen molar-refractivity contribution in [3.8, 4) is 16.8 Å². The third kappa shape index (κ3) is 5.39. The number of imidazole rings is 1. The Kier molecular flexibility index (Phi) is 7.40. The summed E-state index contributed by atoms with van der Waals surface area (Å²) in [5.74, 6) is -0.377. The molecule has 1 amide bonds. The van der Waals surface area contributed by atoms with E-state index in [4.69, 9.17) is 11.6 Å². The molecule has 1 aliphatic carbocycles. The molecule has 0 spiro atoms. The van der Waals surface area contributed by atoms with Crippen LogP contribution in [-0.4, -0.2) is 36.3 Å². The van der Waals surface area contributed by atoms with E-state index in [-0.39, 0.29) is 28.2 Å². The first-order chi connectivity index (χ1) is 19.9. The van der Waals surface area contributed by atoms with Gasteiger partial charge in [-0.25, -0.2) is 13.6 Å². The van der Waals surface area contributed by atoms with Gasteiger partial charge in [-0.15, -0.1) is 0 Å². The van der Waals surface area contributed by atoms with E-state index in [9.17, 15) is 18.4 Å². The topological polar surface area (TPSA) is 97.6 Å². The molecule has 0 bridgehead atoms. The van der Waals surface area contributed by atoms with E-state index in [1.54, 1.807) is 10.8 Å². The standard InChI is InChI=1S/C30H27ClF2N6O2/c31-21-13-24(27(28(32)33)34-16-21)29(40)37-22-10-8-18(9-11-22)17-38-25-6-1-2-7-26(25)39(30(38)41)23-5-3-4-19(12-23)20-14-35-36-15-20/h1-7,12-16,18,22,28H,8-11,17H2,(H,35,36)(H,37,40)/t18-,22-. The normalized spacial score (nSPS) is 17.3. The highest BCUT2D eigenvalue weighted by Gasteiger charge is 2.27. The van der Waals surface area contributed by atoms with Crippen LogP contribution in [-0.2, 0) is 6.54 Å². The Morgan fingerprint density at radius 3 is 2.54 bits per heavy atom. The quantitative estimate of drug-likeness (QED) is 0.242. The Morgan fingerprint density at radius 2 is 1.80 bits per heavy atom. The van der Waals surface area contributed by atoms with E-state index >= 15 is 0 Å². The molecule has 2 aromatic carbocycles. The fourth-order valence-electron chi connectivity index (χ4n) is 5.68. The first kappa shape index (κ1) is 26.9. The van der Waals surface area contributed by atoms with Crippen LogP contribution in [0.5, 0.6) is 0 Å². The Morgan fingerprint density at radius 1 is 1.02 bits per heavy atom. The van der Waals surface area contributed by atoms with E-state index in [1.807, 2.05) is 59.3 Å². The van der Waals surface area contributed by atoms with Crippen LogP contribution in [0.3, 0.4) is 0 Å². The maximum atomic E-state index is 13.8. The van der Waals surface area contributed by atoms with Gasteiger partial charge in [0, 0.05) is 30.5 Å². The molecular formula is C30H27ClF2N6O2. The van der Waals surface area contributed by atoms with E-state index in [2.05, 4.69) is 20.5 Å². The number of halogens is 3. The number of aromatic amines is 1. The fourth-order valence-corrected chi connectivity index (χ4v) is 5.84. The summed E-state index contributed by atoms with van der Waals surface area (Å²) >= 11 is 5.91. The summed E-state index contributed by atoms with van der Waals surface area (Å²) in [6.45, 7) is 0.544. The molecule has 0 aliphatic heterocycles. The zero-order valence-electron chi connectivity index (χ0n) is 21.9.